The molecule has 0 amide bonds. The van der Waals surface area contributed by atoms with Crippen molar-refractivity contribution >= 4 is 29.7 Å². The van der Waals surface area contributed by atoms with Gasteiger partial charge in [-0.05, 0) is 34.5 Å². The summed E-state index contributed by atoms with van der Waals surface area (Å²) in [5.74, 6) is 0.557. The van der Waals surface area contributed by atoms with Crippen LogP contribution in [0.3, 0.4) is 0 Å². The van der Waals surface area contributed by atoms with Gasteiger partial charge in [0.25, 0.3) is 0 Å². The van der Waals surface area contributed by atoms with E-state index in [1.807, 2.05) is 49.4 Å². The van der Waals surface area contributed by atoms with E-state index in [1.54, 1.807) is 6.07 Å². The maximum atomic E-state index is 11.9. The first-order chi connectivity index (χ1) is 14.7. The van der Waals surface area contributed by atoms with Crippen molar-refractivity contribution in [3.05, 3.63) is 94.8 Å². The molecule has 0 aliphatic heterocycles. The van der Waals surface area contributed by atoms with Gasteiger partial charge in [-0.2, -0.15) is 0 Å². The number of benzene rings is 3. The van der Waals surface area contributed by atoms with E-state index in [9.17, 15) is 9.90 Å². The van der Waals surface area contributed by atoms with Crippen LogP contribution in [0.1, 0.15) is 26.3 Å². The highest BCUT2D eigenvalue weighted by Gasteiger charge is 2.52. The Morgan fingerprint density at radius 2 is 1.42 bits per heavy atom. The van der Waals surface area contributed by atoms with Crippen molar-refractivity contribution in [2.45, 2.75) is 32.7 Å². The second-order valence-electron chi connectivity index (χ2n) is 8.78. The largest absolute Gasteiger partial charge is 0.534 e. The molecule has 0 spiro atoms. The highest BCUT2D eigenvalue weighted by molar-refractivity contribution is 7.00. The summed E-state index contributed by atoms with van der Waals surface area (Å²) in [5, 5.41) is 12.8. The predicted molar refractivity (Wildman–Crippen MR) is 127 cm³/mol. The van der Waals surface area contributed by atoms with Crippen molar-refractivity contribution in [3.8, 4) is 11.5 Å². The predicted octanol–water partition coefficient (Wildman–Crippen LogP) is 4.75. The number of rotatable bonds is 4. The molecule has 158 valence electrons. The van der Waals surface area contributed by atoms with E-state index in [4.69, 9.17) is 8.84 Å². The summed E-state index contributed by atoms with van der Waals surface area (Å²) in [5.41, 5.74) is 0.453. The summed E-state index contributed by atoms with van der Waals surface area (Å²) >= 11 is 0. The topological polar surface area (TPSA) is 59.7 Å². The van der Waals surface area contributed by atoms with E-state index in [2.05, 4.69) is 45.0 Å². The molecule has 0 radical (unpaired) electrons. The Labute approximate surface area is 182 Å². The fraction of sp³-hybridized carbons (Fsp3) is 0.192. The lowest BCUT2D eigenvalue weighted by molar-refractivity contribution is 0.466. The average molecular weight is 431 g/mol. The Morgan fingerprint density at radius 3 is 1.94 bits per heavy atom. The lowest BCUT2D eigenvalue weighted by atomic mass is 10.1. The van der Waals surface area contributed by atoms with E-state index in [0.29, 0.717) is 22.3 Å². The number of fused-ring (bicyclic) bond motifs is 1. The van der Waals surface area contributed by atoms with Gasteiger partial charge in [0.2, 0.25) is 0 Å². The van der Waals surface area contributed by atoms with Crippen molar-refractivity contribution < 1.29 is 13.9 Å². The molecule has 0 fully saturated rings. The summed E-state index contributed by atoms with van der Waals surface area (Å²) in [6, 6.07) is 25.4. The quantitative estimate of drug-likeness (QED) is 0.375. The van der Waals surface area contributed by atoms with E-state index < -0.39 is 13.9 Å². The van der Waals surface area contributed by atoms with Gasteiger partial charge in [0.15, 0.2) is 0 Å². The Kier molecular flexibility index (Phi) is 5.23. The second-order valence-corrected chi connectivity index (χ2v) is 13.0. The molecule has 4 nitrogen and oxygen atoms in total. The molecular formula is C26H26O4Si. The Balaban J connectivity index is 2.00. The lowest BCUT2D eigenvalue weighted by Gasteiger charge is -2.43. The van der Waals surface area contributed by atoms with Crippen molar-refractivity contribution in [1.29, 1.82) is 0 Å². The molecule has 5 heteroatoms. The zero-order valence-corrected chi connectivity index (χ0v) is 19.2. The average Bonchev–Trinajstić information content (AvgIpc) is 2.74. The molecule has 0 saturated heterocycles. The standard InChI is InChI=1S/C26H26O4Si/c1-18-23(16-15-21-22(27)17-24(28)29-25(18)21)30-31(26(2,3)4,19-11-7-5-8-12-19)20-13-9-6-10-14-20/h5-17,27H,1-4H3. The van der Waals surface area contributed by atoms with Gasteiger partial charge in [-0.25, -0.2) is 4.79 Å². The van der Waals surface area contributed by atoms with Gasteiger partial charge >= 0.3 is 13.9 Å². The Morgan fingerprint density at radius 1 is 0.871 bits per heavy atom. The molecule has 4 aromatic rings. The summed E-state index contributed by atoms with van der Waals surface area (Å²) in [7, 11) is -2.82. The molecule has 0 atom stereocenters. The van der Waals surface area contributed by atoms with Crippen molar-refractivity contribution in [3.63, 3.8) is 0 Å². The van der Waals surface area contributed by atoms with Crippen LogP contribution >= 0.6 is 0 Å². The second kappa shape index (κ2) is 7.74. The highest BCUT2D eigenvalue weighted by atomic mass is 28.4. The molecular weight excluding hydrogens is 404 g/mol. The van der Waals surface area contributed by atoms with Gasteiger partial charge in [-0.3, -0.25) is 0 Å². The van der Waals surface area contributed by atoms with E-state index in [1.165, 1.54) is 0 Å². The van der Waals surface area contributed by atoms with Gasteiger partial charge in [0, 0.05) is 5.56 Å². The van der Waals surface area contributed by atoms with Crippen molar-refractivity contribution in [1.82, 2.24) is 0 Å². The minimum absolute atomic E-state index is 0.0913. The van der Waals surface area contributed by atoms with Gasteiger partial charge in [0.05, 0.1) is 11.5 Å². The van der Waals surface area contributed by atoms with Crippen LogP contribution < -0.4 is 20.4 Å². The zero-order valence-electron chi connectivity index (χ0n) is 18.2. The molecule has 0 saturated carbocycles. The normalized spacial score (nSPS) is 12.1. The molecule has 4 rings (SSSR count). The van der Waals surface area contributed by atoms with Crippen LogP contribution in [0.15, 0.2) is 88.1 Å². The number of hydrogen-bond acceptors (Lipinski definition) is 4. The monoisotopic (exact) mass is 430 g/mol. The molecule has 1 N–H and O–H groups in total. The molecule has 1 heterocycles. The maximum Gasteiger partial charge on any atom is 0.339 e. The molecule has 1 aromatic heterocycles. The zero-order chi connectivity index (χ0) is 22.2. The van der Waals surface area contributed by atoms with E-state index in [0.717, 1.165) is 16.4 Å². The fourth-order valence-corrected chi connectivity index (χ4v) is 8.73. The number of aromatic hydroxyl groups is 1. The summed E-state index contributed by atoms with van der Waals surface area (Å²) in [6.45, 7) is 8.49. The third-order valence-electron chi connectivity index (χ3n) is 5.77. The van der Waals surface area contributed by atoms with Gasteiger partial charge in [0.1, 0.15) is 17.1 Å². The van der Waals surface area contributed by atoms with Crippen LogP contribution in [0.2, 0.25) is 5.04 Å². The van der Waals surface area contributed by atoms with Crippen LogP contribution in [0.5, 0.6) is 11.5 Å². The third kappa shape index (κ3) is 3.55. The van der Waals surface area contributed by atoms with Crippen molar-refractivity contribution in [2.75, 3.05) is 0 Å². The Bertz CT molecular complexity index is 1230. The van der Waals surface area contributed by atoms with Crippen LogP contribution in [-0.4, -0.2) is 13.4 Å². The van der Waals surface area contributed by atoms with Crippen LogP contribution in [0.4, 0.5) is 0 Å². The summed E-state index contributed by atoms with van der Waals surface area (Å²) in [6.07, 6.45) is 0. The minimum Gasteiger partial charge on any atom is -0.534 e. The molecule has 0 unspecified atom stereocenters. The first-order valence-electron chi connectivity index (χ1n) is 10.3. The molecule has 0 aliphatic rings. The van der Waals surface area contributed by atoms with Gasteiger partial charge < -0.3 is 13.9 Å². The summed E-state index contributed by atoms with van der Waals surface area (Å²) in [4.78, 5) is 11.9. The minimum atomic E-state index is -2.82. The van der Waals surface area contributed by atoms with E-state index in [-0.39, 0.29) is 10.8 Å². The number of aryl methyl sites for hydroxylation is 1. The maximum absolute atomic E-state index is 11.9. The smallest absolute Gasteiger partial charge is 0.339 e. The SMILES string of the molecule is Cc1c(O[Si](c2ccccc2)(c2ccccc2)C(C)(C)C)ccc2c(O)cc(=O)oc12. The highest BCUT2D eigenvalue weighted by Crippen LogP contribution is 2.40. The first-order valence-corrected chi connectivity index (χ1v) is 12.2. The van der Waals surface area contributed by atoms with Crippen LogP contribution in [0.25, 0.3) is 11.0 Å². The van der Waals surface area contributed by atoms with Crippen LogP contribution in [-0.2, 0) is 0 Å². The Hall–Kier alpha value is -3.31. The molecule has 3 aromatic carbocycles. The lowest BCUT2D eigenvalue weighted by Crippen LogP contribution is -2.68. The third-order valence-corrected chi connectivity index (χ3v) is 10.7. The molecule has 31 heavy (non-hydrogen) atoms. The van der Waals surface area contributed by atoms with Gasteiger partial charge in [-0.15, -0.1) is 0 Å². The molecule has 0 aliphatic carbocycles. The van der Waals surface area contributed by atoms with E-state index >= 15 is 0 Å². The van der Waals surface area contributed by atoms with Crippen molar-refractivity contribution in [2.24, 2.45) is 0 Å². The molecule has 0 bridgehead atoms. The summed E-state index contributed by atoms with van der Waals surface area (Å²) < 4.78 is 12.5. The number of hydrogen-bond donors (Lipinski definition) is 1. The van der Waals surface area contributed by atoms with Gasteiger partial charge in [-0.1, -0.05) is 81.4 Å². The first kappa shape index (κ1) is 20.9. The van der Waals surface area contributed by atoms with Crippen LogP contribution in [0, 0.1) is 6.92 Å². The fourth-order valence-electron chi connectivity index (χ4n) is 4.25.